The Labute approximate surface area is 202 Å². The molecule has 3 saturated heterocycles. The predicted octanol–water partition coefficient (Wildman–Crippen LogP) is 1.67. The first-order valence-electron chi connectivity index (χ1n) is 12.4. The van der Waals surface area contributed by atoms with Crippen molar-refractivity contribution in [2.24, 2.45) is 0 Å². The highest BCUT2D eigenvalue weighted by atomic mass is 32.2. The second-order valence-electron chi connectivity index (χ2n) is 9.97. The number of nitrogens with zero attached hydrogens (tertiary/aromatic N) is 7. The first kappa shape index (κ1) is 23.7. The Hall–Kier alpha value is -1.05. The van der Waals surface area contributed by atoms with Crippen LogP contribution in [0.3, 0.4) is 0 Å². The Balaban J connectivity index is 1.24. The molecule has 2 atom stereocenters. The number of hydrogen-bond donors (Lipinski definition) is 0. The van der Waals surface area contributed by atoms with Gasteiger partial charge < -0.3 is 9.64 Å². The highest BCUT2D eigenvalue weighted by Gasteiger charge is 2.37. The molecule has 1 aromatic rings. The van der Waals surface area contributed by atoms with Gasteiger partial charge in [0.05, 0.1) is 18.9 Å². The second kappa shape index (κ2) is 9.54. The molecule has 0 spiro atoms. The number of morpholine rings is 1. The SMILES string of the molecule is CC1CN(S(=O)(=O)N2CCN(Cn3nc(N4CCCCC4)n(C4CC4)c3=S)CC2)CC(C)O1. The van der Waals surface area contributed by atoms with E-state index in [1.54, 1.807) is 8.61 Å². The van der Waals surface area contributed by atoms with Crippen LogP contribution in [0.15, 0.2) is 0 Å². The molecule has 4 heterocycles. The lowest BCUT2D eigenvalue weighted by Crippen LogP contribution is -2.57. The first-order chi connectivity index (χ1) is 15.8. The van der Waals surface area contributed by atoms with E-state index in [0.717, 1.165) is 23.8 Å². The van der Waals surface area contributed by atoms with Gasteiger partial charge in [0.1, 0.15) is 0 Å². The van der Waals surface area contributed by atoms with Gasteiger partial charge in [-0.25, -0.2) is 4.68 Å². The third kappa shape index (κ3) is 5.01. The van der Waals surface area contributed by atoms with Crippen LogP contribution in [0.1, 0.15) is 52.0 Å². The smallest absolute Gasteiger partial charge is 0.282 e. The maximum absolute atomic E-state index is 13.2. The summed E-state index contributed by atoms with van der Waals surface area (Å²) in [7, 11) is -3.47. The maximum Gasteiger partial charge on any atom is 0.282 e. The number of rotatable bonds is 6. The molecular formula is C21H37N7O3S2. The van der Waals surface area contributed by atoms with E-state index in [4.69, 9.17) is 22.1 Å². The van der Waals surface area contributed by atoms with Crippen molar-refractivity contribution >= 4 is 28.4 Å². The second-order valence-corrected chi connectivity index (χ2v) is 12.3. The van der Waals surface area contributed by atoms with E-state index in [1.807, 2.05) is 18.5 Å². The van der Waals surface area contributed by atoms with Gasteiger partial charge >= 0.3 is 0 Å². The molecule has 0 radical (unpaired) electrons. The quantitative estimate of drug-likeness (QED) is 0.551. The first-order valence-corrected chi connectivity index (χ1v) is 14.2. The number of ether oxygens (including phenoxy) is 1. The Morgan fingerprint density at radius 2 is 1.58 bits per heavy atom. The highest BCUT2D eigenvalue weighted by Crippen LogP contribution is 2.38. The van der Waals surface area contributed by atoms with Crippen molar-refractivity contribution in [1.29, 1.82) is 0 Å². The highest BCUT2D eigenvalue weighted by molar-refractivity contribution is 7.86. The molecule has 5 rings (SSSR count). The summed E-state index contributed by atoms with van der Waals surface area (Å²) in [6.45, 7) is 9.71. The van der Waals surface area contributed by atoms with Gasteiger partial charge in [0.2, 0.25) is 10.7 Å². The molecule has 1 aliphatic carbocycles. The number of anilines is 1. The van der Waals surface area contributed by atoms with Crippen molar-refractivity contribution in [3.63, 3.8) is 0 Å². The Kier molecular flexibility index (Phi) is 6.84. The molecule has 0 amide bonds. The van der Waals surface area contributed by atoms with Crippen LogP contribution in [-0.2, 0) is 21.6 Å². The number of aromatic nitrogens is 3. The fourth-order valence-electron chi connectivity index (χ4n) is 5.24. The van der Waals surface area contributed by atoms with E-state index in [-0.39, 0.29) is 12.2 Å². The molecule has 33 heavy (non-hydrogen) atoms. The molecular weight excluding hydrogens is 462 g/mol. The zero-order valence-electron chi connectivity index (χ0n) is 19.8. The Morgan fingerprint density at radius 1 is 0.939 bits per heavy atom. The monoisotopic (exact) mass is 499 g/mol. The standard InChI is InChI=1S/C21H37N7O3S2/c1-17-14-26(15-18(2)31-17)33(29,30)25-12-10-23(11-13-25)16-27-21(32)28(19-6-7-19)20(22-27)24-8-4-3-5-9-24/h17-19H,3-16H2,1-2H3. The van der Waals surface area contributed by atoms with Crippen LogP contribution >= 0.6 is 12.2 Å². The summed E-state index contributed by atoms with van der Waals surface area (Å²) < 4.78 is 40.3. The Morgan fingerprint density at radius 3 is 2.18 bits per heavy atom. The van der Waals surface area contributed by atoms with E-state index < -0.39 is 10.2 Å². The lowest BCUT2D eigenvalue weighted by molar-refractivity contribution is -0.0458. The molecule has 4 aliphatic rings. The van der Waals surface area contributed by atoms with Crippen molar-refractivity contribution in [2.75, 3.05) is 57.3 Å². The van der Waals surface area contributed by atoms with E-state index in [0.29, 0.717) is 52.0 Å². The fraction of sp³-hybridized carbons (Fsp3) is 0.905. The molecule has 186 valence electrons. The minimum atomic E-state index is -3.47. The summed E-state index contributed by atoms with van der Waals surface area (Å²) in [5.74, 6) is 1.03. The predicted molar refractivity (Wildman–Crippen MR) is 129 cm³/mol. The number of piperidine rings is 1. The molecule has 0 aromatic carbocycles. The molecule has 2 unspecified atom stereocenters. The summed E-state index contributed by atoms with van der Waals surface area (Å²) in [6.07, 6.45) is 5.90. The Bertz CT molecular complexity index is 982. The minimum Gasteiger partial charge on any atom is -0.373 e. The van der Waals surface area contributed by atoms with Crippen molar-refractivity contribution in [3.05, 3.63) is 4.77 Å². The van der Waals surface area contributed by atoms with Crippen LogP contribution in [0.5, 0.6) is 0 Å². The van der Waals surface area contributed by atoms with Crippen LogP contribution in [0.25, 0.3) is 0 Å². The summed E-state index contributed by atoms with van der Waals surface area (Å²) >= 11 is 5.84. The normalized spacial score (nSPS) is 29.0. The summed E-state index contributed by atoms with van der Waals surface area (Å²) in [6, 6.07) is 0.489. The lowest BCUT2D eigenvalue weighted by atomic mass is 10.1. The fourth-order valence-corrected chi connectivity index (χ4v) is 7.31. The molecule has 1 saturated carbocycles. The zero-order valence-corrected chi connectivity index (χ0v) is 21.4. The molecule has 3 aliphatic heterocycles. The van der Waals surface area contributed by atoms with Gasteiger partial charge in [-0.2, -0.15) is 17.0 Å². The van der Waals surface area contributed by atoms with E-state index in [1.165, 1.54) is 32.1 Å². The third-order valence-electron chi connectivity index (χ3n) is 7.11. The lowest BCUT2D eigenvalue weighted by Gasteiger charge is -2.40. The number of hydrogen-bond acceptors (Lipinski definition) is 7. The van der Waals surface area contributed by atoms with E-state index in [2.05, 4.69) is 14.4 Å². The molecule has 4 fully saturated rings. The van der Waals surface area contributed by atoms with Gasteiger partial charge in [0, 0.05) is 58.4 Å². The largest absolute Gasteiger partial charge is 0.373 e. The van der Waals surface area contributed by atoms with Gasteiger partial charge in [0.25, 0.3) is 10.2 Å². The summed E-state index contributed by atoms with van der Waals surface area (Å²) in [5, 5.41) is 4.95. The maximum atomic E-state index is 13.2. The zero-order chi connectivity index (χ0) is 23.2. The molecule has 12 heteroatoms. The van der Waals surface area contributed by atoms with Gasteiger partial charge in [-0.3, -0.25) is 9.47 Å². The van der Waals surface area contributed by atoms with Crippen molar-refractivity contribution in [1.82, 2.24) is 27.9 Å². The molecule has 1 aromatic heterocycles. The van der Waals surface area contributed by atoms with Crippen LogP contribution in [0, 0.1) is 4.77 Å². The van der Waals surface area contributed by atoms with Crippen LogP contribution in [0.4, 0.5) is 5.95 Å². The number of piperazine rings is 1. The average molecular weight is 500 g/mol. The third-order valence-corrected chi connectivity index (χ3v) is 9.48. The van der Waals surface area contributed by atoms with E-state index in [9.17, 15) is 8.42 Å². The van der Waals surface area contributed by atoms with Crippen molar-refractivity contribution in [2.45, 2.75) is 70.9 Å². The van der Waals surface area contributed by atoms with Crippen molar-refractivity contribution < 1.29 is 13.2 Å². The van der Waals surface area contributed by atoms with Gasteiger partial charge in [-0.05, 0) is 58.2 Å². The van der Waals surface area contributed by atoms with Crippen molar-refractivity contribution in [3.8, 4) is 0 Å². The summed E-state index contributed by atoms with van der Waals surface area (Å²) in [5.41, 5.74) is 0. The van der Waals surface area contributed by atoms with Gasteiger partial charge in [0.15, 0.2) is 0 Å². The minimum absolute atomic E-state index is 0.0811. The van der Waals surface area contributed by atoms with Gasteiger partial charge in [-0.15, -0.1) is 5.10 Å². The topological polar surface area (TPSA) is 79.1 Å². The summed E-state index contributed by atoms with van der Waals surface area (Å²) in [4.78, 5) is 4.65. The van der Waals surface area contributed by atoms with Crippen LogP contribution in [0.2, 0.25) is 0 Å². The molecule has 0 N–H and O–H groups in total. The van der Waals surface area contributed by atoms with Crippen LogP contribution in [-0.4, -0.2) is 101 Å². The molecule has 0 bridgehead atoms. The van der Waals surface area contributed by atoms with Gasteiger partial charge in [-0.1, -0.05) is 0 Å². The molecule has 10 nitrogen and oxygen atoms in total. The van der Waals surface area contributed by atoms with Crippen LogP contribution < -0.4 is 4.90 Å². The average Bonchev–Trinajstić information content (AvgIpc) is 3.58. The van der Waals surface area contributed by atoms with E-state index >= 15 is 0 Å².